The lowest BCUT2D eigenvalue weighted by Crippen LogP contribution is -2.45. The zero-order valence-electron chi connectivity index (χ0n) is 9.91. The van der Waals surface area contributed by atoms with E-state index in [1.807, 2.05) is 0 Å². The molecule has 2 aliphatic carbocycles. The molecular formula is C13H25NO. The molecule has 0 radical (unpaired) electrons. The Hall–Kier alpha value is -0.0800. The topological polar surface area (TPSA) is 46.2 Å². The average Bonchev–Trinajstić information content (AvgIpc) is 3.02. The molecule has 0 aromatic carbocycles. The normalized spacial score (nSPS) is 39.0. The van der Waals surface area contributed by atoms with E-state index >= 15 is 0 Å². The summed E-state index contributed by atoms with van der Waals surface area (Å²) in [5.41, 5.74) is 5.34. The molecule has 2 nitrogen and oxygen atoms in total. The van der Waals surface area contributed by atoms with Crippen LogP contribution in [0.4, 0.5) is 0 Å². The van der Waals surface area contributed by atoms with Gasteiger partial charge in [-0.25, -0.2) is 0 Å². The molecule has 0 saturated heterocycles. The van der Waals surface area contributed by atoms with Gasteiger partial charge in [0.25, 0.3) is 0 Å². The standard InChI is InChI=1S/C13H25NO/c1-2-12(9-14)13(15)7-3-4-11(8-13)10-5-6-10/h10-12,15H,2-9,14H2,1H3. The van der Waals surface area contributed by atoms with Gasteiger partial charge in [0.1, 0.15) is 0 Å². The van der Waals surface area contributed by atoms with E-state index in [1.165, 1.54) is 25.7 Å². The zero-order valence-corrected chi connectivity index (χ0v) is 9.91. The molecule has 88 valence electrons. The molecule has 0 heterocycles. The Morgan fingerprint density at radius 2 is 2.07 bits per heavy atom. The number of rotatable bonds is 4. The first-order valence-corrected chi connectivity index (χ1v) is 6.62. The Bertz CT molecular complexity index is 211. The molecule has 2 heteroatoms. The number of hydrogen-bond donors (Lipinski definition) is 2. The molecule has 2 rings (SSSR count). The second kappa shape index (κ2) is 4.42. The Morgan fingerprint density at radius 3 is 2.60 bits per heavy atom. The van der Waals surface area contributed by atoms with Crippen molar-refractivity contribution in [1.29, 1.82) is 0 Å². The van der Waals surface area contributed by atoms with E-state index in [0.29, 0.717) is 12.5 Å². The van der Waals surface area contributed by atoms with Gasteiger partial charge in [0.15, 0.2) is 0 Å². The van der Waals surface area contributed by atoms with E-state index in [4.69, 9.17) is 5.73 Å². The molecule has 3 N–H and O–H groups in total. The predicted octanol–water partition coefficient (Wildman–Crippen LogP) is 2.30. The zero-order chi connectivity index (χ0) is 10.9. The maximum atomic E-state index is 10.7. The fraction of sp³-hybridized carbons (Fsp3) is 1.00. The first kappa shape index (κ1) is 11.4. The monoisotopic (exact) mass is 211 g/mol. The van der Waals surface area contributed by atoms with Gasteiger partial charge in [-0.2, -0.15) is 0 Å². The second-order valence-corrected chi connectivity index (χ2v) is 5.64. The van der Waals surface area contributed by atoms with Crippen LogP contribution in [0.15, 0.2) is 0 Å². The molecule has 0 bridgehead atoms. The maximum absolute atomic E-state index is 10.7. The minimum Gasteiger partial charge on any atom is -0.390 e. The third-order valence-corrected chi connectivity index (χ3v) is 4.63. The first-order valence-electron chi connectivity index (χ1n) is 6.62. The van der Waals surface area contributed by atoms with Gasteiger partial charge in [0, 0.05) is 0 Å². The molecule has 2 aliphatic rings. The molecule has 3 atom stereocenters. The Morgan fingerprint density at radius 1 is 1.33 bits per heavy atom. The smallest absolute Gasteiger partial charge is 0.0690 e. The van der Waals surface area contributed by atoms with Crippen LogP contribution in [0, 0.1) is 17.8 Å². The Kier molecular flexibility index (Phi) is 3.36. The molecular weight excluding hydrogens is 186 g/mol. The summed E-state index contributed by atoms with van der Waals surface area (Å²) < 4.78 is 0. The van der Waals surface area contributed by atoms with E-state index in [9.17, 15) is 5.11 Å². The van der Waals surface area contributed by atoms with Crippen molar-refractivity contribution in [1.82, 2.24) is 0 Å². The van der Waals surface area contributed by atoms with Gasteiger partial charge in [0.2, 0.25) is 0 Å². The quantitative estimate of drug-likeness (QED) is 0.749. The number of nitrogens with two attached hydrogens (primary N) is 1. The lowest BCUT2D eigenvalue weighted by Gasteiger charge is -2.42. The fourth-order valence-electron chi connectivity index (χ4n) is 3.44. The number of hydrogen-bond acceptors (Lipinski definition) is 2. The van der Waals surface area contributed by atoms with Crippen LogP contribution in [-0.4, -0.2) is 17.3 Å². The SMILES string of the molecule is CCC(CN)C1(O)CCCC(C2CC2)C1. The lowest BCUT2D eigenvalue weighted by atomic mass is 9.69. The highest BCUT2D eigenvalue weighted by Crippen LogP contribution is 2.48. The summed E-state index contributed by atoms with van der Waals surface area (Å²) in [6.45, 7) is 2.79. The van der Waals surface area contributed by atoms with Gasteiger partial charge in [-0.15, -0.1) is 0 Å². The van der Waals surface area contributed by atoms with Crippen molar-refractivity contribution in [2.75, 3.05) is 6.54 Å². The summed E-state index contributed by atoms with van der Waals surface area (Å²) in [6, 6.07) is 0. The third-order valence-electron chi connectivity index (χ3n) is 4.63. The van der Waals surface area contributed by atoms with Gasteiger partial charge in [-0.1, -0.05) is 13.3 Å². The molecule has 0 aromatic rings. The van der Waals surface area contributed by atoms with Crippen LogP contribution in [-0.2, 0) is 0 Å². The molecule has 15 heavy (non-hydrogen) atoms. The first-order chi connectivity index (χ1) is 7.19. The van der Waals surface area contributed by atoms with Crippen molar-refractivity contribution in [2.24, 2.45) is 23.5 Å². The third kappa shape index (κ3) is 2.36. The lowest BCUT2D eigenvalue weighted by molar-refractivity contribution is -0.0665. The van der Waals surface area contributed by atoms with Crippen LogP contribution in [0.3, 0.4) is 0 Å². The molecule has 2 fully saturated rings. The van der Waals surface area contributed by atoms with Gasteiger partial charge in [-0.05, 0) is 62.8 Å². The van der Waals surface area contributed by atoms with Crippen molar-refractivity contribution in [3.63, 3.8) is 0 Å². The van der Waals surface area contributed by atoms with E-state index in [-0.39, 0.29) is 0 Å². The molecule has 2 saturated carbocycles. The van der Waals surface area contributed by atoms with E-state index in [2.05, 4.69) is 6.92 Å². The summed E-state index contributed by atoms with van der Waals surface area (Å²) >= 11 is 0. The predicted molar refractivity (Wildman–Crippen MR) is 62.5 cm³/mol. The van der Waals surface area contributed by atoms with Crippen LogP contribution in [0.1, 0.15) is 51.9 Å². The summed E-state index contributed by atoms with van der Waals surface area (Å²) in [5, 5.41) is 10.7. The second-order valence-electron chi connectivity index (χ2n) is 5.64. The van der Waals surface area contributed by atoms with Crippen LogP contribution in [0.5, 0.6) is 0 Å². The van der Waals surface area contributed by atoms with Crippen molar-refractivity contribution >= 4 is 0 Å². The summed E-state index contributed by atoms with van der Waals surface area (Å²) in [7, 11) is 0. The largest absolute Gasteiger partial charge is 0.390 e. The van der Waals surface area contributed by atoms with Crippen molar-refractivity contribution in [3.8, 4) is 0 Å². The summed E-state index contributed by atoms with van der Waals surface area (Å²) in [4.78, 5) is 0. The fourth-order valence-corrected chi connectivity index (χ4v) is 3.44. The van der Waals surface area contributed by atoms with Crippen LogP contribution >= 0.6 is 0 Å². The van der Waals surface area contributed by atoms with Gasteiger partial charge in [-0.3, -0.25) is 0 Å². The minimum atomic E-state index is -0.436. The van der Waals surface area contributed by atoms with Crippen molar-refractivity contribution < 1.29 is 5.11 Å². The van der Waals surface area contributed by atoms with E-state index in [1.54, 1.807) is 0 Å². The Balaban J connectivity index is 1.99. The molecule has 0 aliphatic heterocycles. The summed E-state index contributed by atoms with van der Waals surface area (Å²) in [5.74, 6) is 2.05. The molecule has 0 amide bonds. The van der Waals surface area contributed by atoms with Gasteiger partial charge >= 0.3 is 0 Å². The van der Waals surface area contributed by atoms with Gasteiger partial charge in [0.05, 0.1) is 5.60 Å². The van der Waals surface area contributed by atoms with Crippen molar-refractivity contribution in [2.45, 2.75) is 57.5 Å². The number of aliphatic hydroxyl groups is 1. The highest BCUT2D eigenvalue weighted by molar-refractivity contribution is 4.96. The van der Waals surface area contributed by atoms with Crippen LogP contribution < -0.4 is 5.73 Å². The van der Waals surface area contributed by atoms with Crippen molar-refractivity contribution in [3.05, 3.63) is 0 Å². The molecule has 0 aromatic heterocycles. The summed E-state index contributed by atoms with van der Waals surface area (Å²) in [6.07, 6.45) is 8.37. The molecule has 3 unspecified atom stereocenters. The van der Waals surface area contributed by atoms with Crippen LogP contribution in [0.2, 0.25) is 0 Å². The highest BCUT2D eigenvalue weighted by Gasteiger charge is 2.43. The van der Waals surface area contributed by atoms with Crippen LogP contribution in [0.25, 0.3) is 0 Å². The Labute approximate surface area is 93.2 Å². The maximum Gasteiger partial charge on any atom is 0.0690 e. The highest BCUT2D eigenvalue weighted by atomic mass is 16.3. The van der Waals surface area contributed by atoms with Gasteiger partial charge < -0.3 is 10.8 Å². The molecule has 0 spiro atoms. The average molecular weight is 211 g/mol. The van der Waals surface area contributed by atoms with E-state index < -0.39 is 5.60 Å². The van der Waals surface area contributed by atoms with E-state index in [0.717, 1.165) is 31.1 Å². The minimum absolute atomic E-state index is 0.319.